The van der Waals surface area contributed by atoms with Gasteiger partial charge in [0.2, 0.25) is 21.8 Å². The molecule has 0 spiro atoms. The van der Waals surface area contributed by atoms with Gasteiger partial charge in [0.25, 0.3) is 0 Å². The van der Waals surface area contributed by atoms with Crippen molar-refractivity contribution in [3.63, 3.8) is 0 Å². The van der Waals surface area contributed by atoms with E-state index in [-0.39, 0.29) is 18.5 Å². The molecule has 0 fully saturated rings. The third-order valence-corrected chi connectivity index (χ3v) is 6.89. The highest BCUT2D eigenvalue weighted by Crippen LogP contribution is 2.27. The molecule has 0 aromatic heterocycles. The maximum atomic E-state index is 13.5. The predicted octanol–water partition coefficient (Wildman–Crippen LogP) is 4.01. The lowest BCUT2D eigenvalue weighted by Crippen LogP contribution is -2.52. The molecule has 7 nitrogen and oxygen atoms in total. The Morgan fingerprint density at radius 2 is 1.58 bits per heavy atom. The summed E-state index contributed by atoms with van der Waals surface area (Å²) in [5.74, 6) is -0.936. The van der Waals surface area contributed by atoms with E-state index in [4.69, 9.17) is 23.2 Å². The van der Waals surface area contributed by atoms with Gasteiger partial charge < -0.3 is 10.2 Å². The van der Waals surface area contributed by atoms with E-state index in [0.717, 1.165) is 10.6 Å². The molecular weight excluding hydrogens is 485 g/mol. The van der Waals surface area contributed by atoms with Crippen LogP contribution in [0.2, 0.25) is 10.0 Å². The van der Waals surface area contributed by atoms with Crippen LogP contribution in [0.1, 0.15) is 31.9 Å². The first-order valence-corrected chi connectivity index (χ1v) is 13.0. The van der Waals surface area contributed by atoms with Crippen molar-refractivity contribution in [2.45, 2.75) is 46.3 Å². The van der Waals surface area contributed by atoms with E-state index in [2.05, 4.69) is 5.32 Å². The van der Waals surface area contributed by atoms with Gasteiger partial charge in [0.05, 0.1) is 11.9 Å². The number of halogens is 2. The lowest BCUT2D eigenvalue weighted by molar-refractivity contribution is -0.139. The average molecular weight is 514 g/mol. The second-order valence-electron chi connectivity index (χ2n) is 8.12. The van der Waals surface area contributed by atoms with Crippen LogP contribution in [0.25, 0.3) is 0 Å². The topological polar surface area (TPSA) is 86.8 Å². The first-order chi connectivity index (χ1) is 15.3. The van der Waals surface area contributed by atoms with E-state index < -0.39 is 28.5 Å². The van der Waals surface area contributed by atoms with Gasteiger partial charge in [-0.05, 0) is 51.5 Å². The van der Waals surface area contributed by atoms with Crippen LogP contribution in [0, 0.1) is 6.92 Å². The minimum absolute atomic E-state index is 0.0601. The maximum Gasteiger partial charge on any atom is 0.244 e. The number of aryl methyl sites for hydroxylation is 1. The van der Waals surface area contributed by atoms with Crippen molar-refractivity contribution >= 4 is 50.7 Å². The highest BCUT2D eigenvalue weighted by atomic mass is 35.5. The summed E-state index contributed by atoms with van der Waals surface area (Å²) in [5.41, 5.74) is 1.56. The molecule has 0 radical (unpaired) electrons. The number of nitrogens with zero attached hydrogens (tertiary/aromatic N) is 2. The minimum atomic E-state index is -3.79. The Morgan fingerprint density at radius 3 is 2.09 bits per heavy atom. The van der Waals surface area contributed by atoms with Crippen LogP contribution >= 0.6 is 23.2 Å². The molecule has 2 rings (SSSR count). The van der Waals surface area contributed by atoms with Crippen LogP contribution in [0.15, 0.2) is 42.5 Å². The summed E-state index contributed by atoms with van der Waals surface area (Å²) in [6.07, 6.45) is 1.04. The van der Waals surface area contributed by atoms with Crippen LogP contribution < -0.4 is 9.62 Å². The molecule has 180 valence electrons. The molecule has 2 amide bonds. The van der Waals surface area contributed by atoms with Crippen molar-refractivity contribution in [3.05, 3.63) is 63.6 Å². The molecule has 0 saturated heterocycles. The van der Waals surface area contributed by atoms with Gasteiger partial charge in [-0.2, -0.15) is 0 Å². The van der Waals surface area contributed by atoms with Crippen LogP contribution in [0.4, 0.5) is 5.69 Å². The van der Waals surface area contributed by atoms with Gasteiger partial charge in [0, 0.05) is 28.2 Å². The molecule has 1 N–H and O–H groups in total. The van der Waals surface area contributed by atoms with E-state index in [1.54, 1.807) is 56.3 Å². The van der Waals surface area contributed by atoms with Crippen LogP contribution in [0.5, 0.6) is 0 Å². The van der Waals surface area contributed by atoms with Crippen molar-refractivity contribution in [2.24, 2.45) is 0 Å². The fraction of sp³-hybridized carbons (Fsp3) is 0.391. The number of hydrogen-bond acceptors (Lipinski definition) is 4. The summed E-state index contributed by atoms with van der Waals surface area (Å²) < 4.78 is 26.2. The number of benzene rings is 2. The Labute approximate surface area is 205 Å². The molecule has 1 atom stereocenters. The number of carbonyl (C=O) groups excluding carboxylic acids is 2. The molecule has 0 aliphatic heterocycles. The molecule has 10 heteroatoms. The van der Waals surface area contributed by atoms with E-state index >= 15 is 0 Å². The number of rotatable bonds is 9. The van der Waals surface area contributed by atoms with Crippen LogP contribution in [-0.2, 0) is 26.2 Å². The Hall–Kier alpha value is -2.29. The second kappa shape index (κ2) is 11.2. The zero-order valence-electron chi connectivity index (χ0n) is 19.3. The first kappa shape index (κ1) is 27.0. The molecule has 0 aliphatic carbocycles. The average Bonchev–Trinajstić information content (AvgIpc) is 2.70. The SMILES string of the molecule is Cc1ccccc1N(CC(=O)N(Cc1c(Cl)cccc1Cl)[C@H](C)C(=O)NC(C)C)S(C)(=O)=O. The van der Waals surface area contributed by atoms with E-state index in [0.29, 0.717) is 26.9 Å². The van der Waals surface area contributed by atoms with Gasteiger partial charge in [-0.3, -0.25) is 13.9 Å². The third kappa shape index (κ3) is 7.09. The molecule has 2 aromatic rings. The molecule has 2 aromatic carbocycles. The lowest BCUT2D eigenvalue weighted by atomic mass is 10.1. The fourth-order valence-electron chi connectivity index (χ4n) is 3.28. The number of amides is 2. The predicted molar refractivity (Wildman–Crippen MR) is 133 cm³/mol. The van der Waals surface area contributed by atoms with Gasteiger partial charge in [-0.25, -0.2) is 8.42 Å². The summed E-state index contributed by atoms with van der Waals surface area (Å²) in [7, 11) is -3.79. The molecule has 0 heterocycles. The van der Waals surface area contributed by atoms with Crippen molar-refractivity contribution in [1.29, 1.82) is 0 Å². The monoisotopic (exact) mass is 513 g/mol. The lowest BCUT2D eigenvalue weighted by Gasteiger charge is -2.32. The van der Waals surface area contributed by atoms with E-state index in [1.165, 1.54) is 4.90 Å². The second-order valence-corrected chi connectivity index (χ2v) is 10.8. The smallest absolute Gasteiger partial charge is 0.244 e. The van der Waals surface area contributed by atoms with Gasteiger partial charge >= 0.3 is 0 Å². The van der Waals surface area contributed by atoms with Crippen LogP contribution in [-0.4, -0.2) is 50.0 Å². The molecule has 0 unspecified atom stereocenters. The Kier molecular flexibility index (Phi) is 9.17. The number of carbonyl (C=O) groups is 2. The summed E-state index contributed by atoms with van der Waals surface area (Å²) in [5, 5.41) is 3.47. The third-order valence-electron chi connectivity index (χ3n) is 5.05. The highest BCUT2D eigenvalue weighted by Gasteiger charge is 2.31. The molecule has 33 heavy (non-hydrogen) atoms. The quantitative estimate of drug-likeness (QED) is 0.548. The molecule has 0 saturated carbocycles. The molecule has 0 aliphatic rings. The van der Waals surface area contributed by atoms with Crippen molar-refractivity contribution < 1.29 is 18.0 Å². The Bertz CT molecular complexity index is 1100. The van der Waals surface area contributed by atoms with Crippen molar-refractivity contribution in [3.8, 4) is 0 Å². The van der Waals surface area contributed by atoms with Gasteiger partial charge in [0.15, 0.2) is 0 Å². The Balaban J connectivity index is 2.47. The van der Waals surface area contributed by atoms with Crippen LogP contribution in [0.3, 0.4) is 0 Å². The summed E-state index contributed by atoms with van der Waals surface area (Å²) in [6, 6.07) is 10.8. The number of nitrogens with one attached hydrogen (secondary N) is 1. The van der Waals surface area contributed by atoms with Gasteiger partial charge in [-0.1, -0.05) is 47.5 Å². The zero-order valence-corrected chi connectivity index (χ0v) is 21.6. The number of para-hydroxylation sites is 1. The summed E-state index contributed by atoms with van der Waals surface area (Å²) >= 11 is 12.6. The van der Waals surface area contributed by atoms with E-state index in [9.17, 15) is 18.0 Å². The fourth-order valence-corrected chi connectivity index (χ4v) is 4.70. The molecule has 0 bridgehead atoms. The summed E-state index contributed by atoms with van der Waals surface area (Å²) in [6.45, 7) is 6.42. The van der Waals surface area contributed by atoms with Crippen molar-refractivity contribution in [1.82, 2.24) is 10.2 Å². The van der Waals surface area contributed by atoms with E-state index in [1.807, 2.05) is 13.8 Å². The van der Waals surface area contributed by atoms with Gasteiger partial charge in [-0.15, -0.1) is 0 Å². The highest BCUT2D eigenvalue weighted by molar-refractivity contribution is 7.92. The molecular formula is C23H29Cl2N3O4S. The normalized spacial score (nSPS) is 12.4. The first-order valence-electron chi connectivity index (χ1n) is 10.4. The number of sulfonamides is 1. The largest absolute Gasteiger partial charge is 0.352 e. The zero-order chi connectivity index (χ0) is 24.9. The summed E-state index contributed by atoms with van der Waals surface area (Å²) in [4.78, 5) is 27.6. The van der Waals surface area contributed by atoms with Gasteiger partial charge in [0.1, 0.15) is 12.6 Å². The maximum absolute atomic E-state index is 13.5. The minimum Gasteiger partial charge on any atom is -0.352 e. The number of anilines is 1. The Morgan fingerprint density at radius 1 is 1.00 bits per heavy atom. The van der Waals surface area contributed by atoms with Crippen molar-refractivity contribution in [2.75, 3.05) is 17.1 Å². The standard InChI is InChI=1S/C23H29Cl2N3O4S/c1-15(2)26-23(30)17(4)27(13-18-19(24)10-8-11-20(18)25)22(29)14-28(33(5,31)32)21-12-7-6-9-16(21)3/h6-12,15,17H,13-14H2,1-5H3,(H,26,30)/t17-/m1/s1. The number of hydrogen-bond donors (Lipinski definition) is 1.